The van der Waals surface area contributed by atoms with Crippen molar-refractivity contribution in [3.05, 3.63) is 54.2 Å². The molecule has 0 unspecified atom stereocenters. The lowest BCUT2D eigenvalue weighted by atomic mass is 10.2. The number of rotatable bonds is 4. The maximum atomic E-state index is 10.6. The zero-order chi connectivity index (χ0) is 13.8. The van der Waals surface area contributed by atoms with E-state index in [4.69, 9.17) is 4.74 Å². The van der Waals surface area contributed by atoms with Gasteiger partial charge in [-0.2, -0.15) is 0 Å². The first kappa shape index (κ1) is 12.7. The Morgan fingerprint density at radius 3 is 2.75 bits per heavy atom. The van der Waals surface area contributed by atoms with Crippen LogP contribution in [0, 0.1) is 0 Å². The Hall–Kier alpha value is -2.36. The average Bonchev–Trinajstić information content (AvgIpc) is 2.97. The van der Waals surface area contributed by atoms with Crippen molar-refractivity contribution in [2.45, 2.75) is 12.5 Å². The predicted molar refractivity (Wildman–Crippen MR) is 77.3 cm³/mol. The molecule has 0 aliphatic carbocycles. The van der Waals surface area contributed by atoms with Gasteiger partial charge in [-0.25, -0.2) is 4.98 Å². The Kier molecular flexibility index (Phi) is 3.63. The molecule has 1 fully saturated rings. The minimum atomic E-state index is 0.166. The highest BCUT2D eigenvalue weighted by Gasteiger charge is 2.24. The molecule has 1 aromatic heterocycles. The monoisotopic (exact) mass is 268 g/mol. The van der Waals surface area contributed by atoms with Gasteiger partial charge in [-0.3, -0.25) is 4.79 Å². The van der Waals surface area contributed by atoms with Crippen LogP contribution in [0.4, 0.5) is 5.82 Å². The van der Waals surface area contributed by atoms with E-state index in [1.165, 1.54) is 0 Å². The summed E-state index contributed by atoms with van der Waals surface area (Å²) in [6.45, 7) is 1.79. The predicted octanol–water partition coefficient (Wildman–Crippen LogP) is 2.55. The fourth-order valence-electron chi connectivity index (χ4n) is 2.39. The third-order valence-electron chi connectivity index (χ3n) is 3.44. The van der Waals surface area contributed by atoms with Crippen LogP contribution >= 0.6 is 0 Å². The van der Waals surface area contributed by atoms with Gasteiger partial charge in [-0.15, -0.1) is 0 Å². The summed E-state index contributed by atoms with van der Waals surface area (Å²) in [6.07, 6.45) is 3.79. The van der Waals surface area contributed by atoms with Crippen LogP contribution in [-0.2, 0) is 0 Å². The molecule has 1 atom stereocenters. The summed E-state index contributed by atoms with van der Waals surface area (Å²) in [5, 5.41) is 0. The number of nitrogens with zero attached hydrogens (tertiary/aromatic N) is 2. The third kappa shape index (κ3) is 2.79. The van der Waals surface area contributed by atoms with Crippen molar-refractivity contribution in [3.63, 3.8) is 0 Å². The van der Waals surface area contributed by atoms with E-state index in [0.29, 0.717) is 5.56 Å². The second-order valence-corrected chi connectivity index (χ2v) is 4.85. The Morgan fingerprint density at radius 1 is 1.20 bits per heavy atom. The van der Waals surface area contributed by atoms with Crippen molar-refractivity contribution >= 4 is 12.1 Å². The molecule has 0 N–H and O–H groups in total. The lowest BCUT2D eigenvalue weighted by Crippen LogP contribution is -2.25. The first-order valence-electron chi connectivity index (χ1n) is 6.73. The molecular formula is C16H16N2O2. The summed E-state index contributed by atoms with van der Waals surface area (Å²) >= 11 is 0. The number of carbonyl (C=O) groups is 1. The van der Waals surface area contributed by atoms with Crippen molar-refractivity contribution in [2.75, 3.05) is 18.0 Å². The zero-order valence-corrected chi connectivity index (χ0v) is 11.1. The first-order valence-corrected chi connectivity index (χ1v) is 6.73. The van der Waals surface area contributed by atoms with Gasteiger partial charge in [-0.05, 0) is 36.4 Å². The third-order valence-corrected chi connectivity index (χ3v) is 3.44. The molecular weight excluding hydrogens is 252 g/mol. The fourth-order valence-corrected chi connectivity index (χ4v) is 2.39. The molecule has 4 heteroatoms. The van der Waals surface area contributed by atoms with Gasteiger partial charge in [0.1, 0.15) is 24.0 Å². The number of carbonyl (C=O) groups excluding carboxylic acids is 1. The molecule has 0 bridgehead atoms. The van der Waals surface area contributed by atoms with Gasteiger partial charge >= 0.3 is 0 Å². The van der Waals surface area contributed by atoms with E-state index in [2.05, 4.69) is 9.88 Å². The molecule has 1 aliphatic heterocycles. The molecule has 1 saturated heterocycles. The topological polar surface area (TPSA) is 42.4 Å². The number of benzene rings is 1. The standard InChI is InChI=1S/C16H16N2O2/c19-12-13-4-6-14(7-5-13)20-15-8-10-18(11-15)16-3-1-2-9-17-16/h1-7,9,12,15H,8,10-11H2/t15-/m0/s1. The smallest absolute Gasteiger partial charge is 0.150 e. The second-order valence-electron chi connectivity index (χ2n) is 4.85. The highest BCUT2D eigenvalue weighted by Crippen LogP contribution is 2.22. The van der Waals surface area contributed by atoms with E-state index in [-0.39, 0.29) is 6.10 Å². The minimum Gasteiger partial charge on any atom is -0.489 e. The fraction of sp³-hybridized carbons (Fsp3) is 0.250. The van der Waals surface area contributed by atoms with Crippen molar-refractivity contribution in [1.29, 1.82) is 0 Å². The van der Waals surface area contributed by atoms with Gasteiger partial charge in [-0.1, -0.05) is 6.07 Å². The van der Waals surface area contributed by atoms with Gasteiger partial charge < -0.3 is 9.64 Å². The number of aromatic nitrogens is 1. The molecule has 0 saturated carbocycles. The molecule has 0 radical (unpaired) electrons. The first-order chi connectivity index (χ1) is 9.85. The van der Waals surface area contributed by atoms with Crippen LogP contribution in [-0.4, -0.2) is 30.5 Å². The van der Waals surface area contributed by atoms with Crippen LogP contribution in [0.2, 0.25) is 0 Å². The molecule has 0 spiro atoms. The quantitative estimate of drug-likeness (QED) is 0.799. The number of aldehydes is 1. The van der Waals surface area contributed by atoms with E-state index >= 15 is 0 Å². The summed E-state index contributed by atoms with van der Waals surface area (Å²) in [6, 6.07) is 13.2. The Balaban J connectivity index is 1.61. The molecule has 2 heterocycles. The molecule has 102 valence electrons. The van der Waals surface area contributed by atoms with Gasteiger partial charge in [0, 0.05) is 24.7 Å². The van der Waals surface area contributed by atoms with E-state index in [1.807, 2.05) is 36.5 Å². The molecule has 1 aromatic carbocycles. The van der Waals surface area contributed by atoms with Crippen LogP contribution in [0.5, 0.6) is 5.75 Å². The van der Waals surface area contributed by atoms with Gasteiger partial charge in [0.25, 0.3) is 0 Å². The number of ether oxygens (including phenoxy) is 1. The van der Waals surface area contributed by atoms with E-state index in [1.54, 1.807) is 12.1 Å². The number of hydrogen-bond acceptors (Lipinski definition) is 4. The highest BCUT2D eigenvalue weighted by atomic mass is 16.5. The van der Waals surface area contributed by atoms with Crippen LogP contribution in [0.15, 0.2) is 48.7 Å². The van der Waals surface area contributed by atoms with Crippen LogP contribution in [0.25, 0.3) is 0 Å². The Bertz CT molecular complexity index is 569. The van der Waals surface area contributed by atoms with Crippen molar-refractivity contribution < 1.29 is 9.53 Å². The lowest BCUT2D eigenvalue weighted by Gasteiger charge is -2.17. The SMILES string of the molecule is O=Cc1ccc(O[C@H]2CCN(c3ccccn3)C2)cc1. The zero-order valence-electron chi connectivity index (χ0n) is 11.1. The second kappa shape index (κ2) is 5.74. The lowest BCUT2D eigenvalue weighted by molar-refractivity contribution is 0.112. The summed E-state index contributed by atoms with van der Waals surface area (Å²) in [5.74, 6) is 1.80. The van der Waals surface area contributed by atoms with Crippen molar-refractivity contribution in [2.24, 2.45) is 0 Å². The summed E-state index contributed by atoms with van der Waals surface area (Å²) in [4.78, 5) is 17.2. The van der Waals surface area contributed by atoms with E-state index in [0.717, 1.165) is 37.4 Å². The van der Waals surface area contributed by atoms with Crippen LogP contribution in [0.3, 0.4) is 0 Å². The molecule has 1 aliphatic rings. The summed E-state index contributed by atoms with van der Waals surface area (Å²) in [5.41, 5.74) is 0.666. The van der Waals surface area contributed by atoms with Crippen molar-refractivity contribution in [3.8, 4) is 5.75 Å². The number of hydrogen-bond donors (Lipinski definition) is 0. The van der Waals surface area contributed by atoms with Gasteiger partial charge in [0.05, 0.1) is 6.54 Å². The van der Waals surface area contributed by atoms with Crippen LogP contribution in [0.1, 0.15) is 16.8 Å². The van der Waals surface area contributed by atoms with E-state index in [9.17, 15) is 4.79 Å². The van der Waals surface area contributed by atoms with Crippen molar-refractivity contribution in [1.82, 2.24) is 4.98 Å². The number of anilines is 1. The Labute approximate surface area is 118 Å². The summed E-state index contributed by atoms with van der Waals surface area (Å²) in [7, 11) is 0. The minimum absolute atomic E-state index is 0.166. The van der Waals surface area contributed by atoms with Crippen LogP contribution < -0.4 is 9.64 Å². The molecule has 3 rings (SSSR count). The maximum absolute atomic E-state index is 10.6. The normalized spacial score (nSPS) is 18.0. The van der Waals surface area contributed by atoms with Gasteiger partial charge in [0.15, 0.2) is 0 Å². The number of pyridine rings is 1. The molecule has 4 nitrogen and oxygen atoms in total. The molecule has 20 heavy (non-hydrogen) atoms. The maximum Gasteiger partial charge on any atom is 0.150 e. The largest absolute Gasteiger partial charge is 0.489 e. The Morgan fingerprint density at radius 2 is 2.05 bits per heavy atom. The van der Waals surface area contributed by atoms with Gasteiger partial charge in [0.2, 0.25) is 0 Å². The average molecular weight is 268 g/mol. The molecule has 2 aromatic rings. The van der Waals surface area contributed by atoms with E-state index < -0.39 is 0 Å². The molecule has 0 amide bonds. The summed E-state index contributed by atoms with van der Waals surface area (Å²) < 4.78 is 5.94. The highest BCUT2D eigenvalue weighted by molar-refractivity contribution is 5.74.